The molecule has 3 rings (SSSR count). The summed E-state index contributed by atoms with van der Waals surface area (Å²) in [6.45, 7) is 0. The van der Waals surface area contributed by atoms with Crippen molar-refractivity contribution in [3.8, 4) is 11.5 Å². The van der Waals surface area contributed by atoms with E-state index in [9.17, 15) is 13.2 Å². The Morgan fingerprint density at radius 2 is 1.65 bits per heavy atom. The number of hydrogen-bond donors (Lipinski definition) is 2. The third-order valence-corrected chi connectivity index (χ3v) is 6.99. The SMILES string of the molecule is COc1ccc(NS(=O)(=O)c2cc(NC(=O)CCC3CCCCC3)ccc2OC)cc1. The van der Waals surface area contributed by atoms with Crippen LogP contribution in [0.3, 0.4) is 0 Å². The van der Waals surface area contributed by atoms with Crippen molar-refractivity contribution in [2.75, 3.05) is 24.3 Å². The van der Waals surface area contributed by atoms with Gasteiger partial charge in [-0.2, -0.15) is 0 Å². The van der Waals surface area contributed by atoms with Gasteiger partial charge in [0.05, 0.1) is 14.2 Å². The smallest absolute Gasteiger partial charge is 0.265 e. The molecule has 0 radical (unpaired) electrons. The summed E-state index contributed by atoms with van der Waals surface area (Å²) in [6.07, 6.45) is 7.45. The molecule has 2 N–H and O–H groups in total. The highest BCUT2D eigenvalue weighted by atomic mass is 32.2. The molecule has 2 aromatic carbocycles. The molecule has 31 heavy (non-hydrogen) atoms. The van der Waals surface area contributed by atoms with Crippen molar-refractivity contribution in [1.29, 1.82) is 0 Å². The van der Waals surface area contributed by atoms with Gasteiger partial charge in [-0.05, 0) is 54.8 Å². The Morgan fingerprint density at radius 1 is 0.968 bits per heavy atom. The zero-order valence-electron chi connectivity index (χ0n) is 18.0. The topological polar surface area (TPSA) is 93.7 Å². The van der Waals surface area contributed by atoms with E-state index >= 15 is 0 Å². The van der Waals surface area contributed by atoms with Crippen molar-refractivity contribution in [2.45, 2.75) is 49.8 Å². The molecule has 0 atom stereocenters. The van der Waals surface area contributed by atoms with Gasteiger partial charge in [0, 0.05) is 17.8 Å². The first kappa shape index (κ1) is 22.9. The third-order valence-electron chi connectivity index (χ3n) is 5.58. The molecule has 0 heterocycles. The Labute approximate surface area is 184 Å². The molecule has 0 saturated heterocycles. The summed E-state index contributed by atoms with van der Waals surface area (Å²) in [7, 11) is -0.983. The van der Waals surface area contributed by atoms with Crippen molar-refractivity contribution in [1.82, 2.24) is 0 Å². The minimum Gasteiger partial charge on any atom is -0.497 e. The predicted octanol–water partition coefficient (Wildman–Crippen LogP) is 4.80. The fraction of sp³-hybridized carbons (Fsp3) is 0.435. The first-order chi connectivity index (χ1) is 14.9. The van der Waals surface area contributed by atoms with Crippen molar-refractivity contribution in [3.05, 3.63) is 42.5 Å². The lowest BCUT2D eigenvalue weighted by Crippen LogP contribution is -2.17. The number of carbonyl (C=O) groups excluding carboxylic acids is 1. The van der Waals surface area contributed by atoms with Crippen LogP contribution in [0.5, 0.6) is 11.5 Å². The van der Waals surface area contributed by atoms with Crippen LogP contribution in [0.1, 0.15) is 44.9 Å². The molecule has 1 amide bonds. The molecule has 0 aromatic heterocycles. The molecule has 1 aliphatic carbocycles. The van der Waals surface area contributed by atoms with E-state index in [0.29, 0.717) is 29.5 Å². The van der Waals surface area contributed by atoms with Crippen LogP contribution < -0.4 is 19.5 Å². The molecule has 1 fully saturated rings. The summed E-state index contributed by atoms with van der Waals surface area (Å²) >= 11 is 0. The van der Waals surface area contributed by atoms with Crippen molar-refractivity contribution >= 4 is 27.3 Å². The highest BCUT2D eigenvalue weighted by molar-refractivity contribution is 7.92. The molecule has 0 spiro atoms. The number of sulfonamides is 1. The summed E-state index contributed by atoms with van der Waals surface area (Å²) in [5.74, 6) is 1.32. The van der Waals surface area contributed by atoms with Crippen LogP contribution in [0.25, 0.3) is 0 Å². The Balaban J connectivity index is 1.70. The van der Waals surface area contributed by atoms with Crippen LogP contribution in [0.2, 0.25) is 0 Å². The summed E-state index contributed by atoms with van der Waals surface area (Å²) in [5.41, 5.74) is 0.814. The Bertz CT molecular complexity index is 984. The van der Waals surface area contributed by atoms with Gasteiger partial charge in [-0.25, -0.2) is 8.42 Å². The number of methoxy groups -OCH3 is 2. The second-order valence-electron chi connectivity index (χ2n) is 7.79. The maximum atomic E-state index is 13.0. The number of ether oxygens (including phenoxy) is 2. The molecule has 8 heteroatoms. The lowest BCUT2D eigenvalue weighted by Gasteiger charge is -2.21. The van der Waals surface area contributed by atoms with Crippen LogP contribution in [0, 0.1) is 5.92 Å². The Morgan fingerprint density at radius 3 is 2.29 bits per heavy atom. The maximum absolute atomic E-state index is 13.0. The lowest BCUT2D eigenvalue weighted by molar-refractivity contribution is -0.116. The number of benzene rings is 2. The summed E-state index contributed by atoms with van der Waals surface area (Å²) < 4.78 is 38.8. The van der Waals surface area contributed by atoms with Crippen LogP contribution in [-0.2, 0) is 14.8 Å². The minimum atomic E-state index is -3.93. The molecule has 7 nitrogen and oxygen atoms in total. The maximum Gasteiger partial charge on any atom is 0.265 e. The van der Waals surface area contributed by atoms with E-state index in [1.165, 1.54) is 45.3 Å². The second-order valence-corrected chi connectivity index (χ2v) is 9.44. The zero-order valence-corrected chi connectivity index (χ0v) is 18.8. The molecule has 0 bridgehead atoms. The van der Waals surface area contributed by atoms with Gasteiger partial charge in [0.25, 0.3) is 10.0 Å². The summed E-state index contributed by atoms with van der Waals surface area (Å²) in [5, 5.41) is 2.82. The quantitative estimate of drug-likeness (QED) is 0.577. The molecule has 2 aromatic rings. The second kappa shape index (κ2) is 10.5. The lowest BCUT2D eigenvalue weighted by atomic mass is 9.86. The monoisotopic (exact) mass is 446 g/mol. The molecule has 1 aliphatic rings. The van der Waals surface area contributed by atoms with E-state index in [-0.39, 0.29) is 16.6 Å². The van der Waals surface area contributed by atoms with Gasteiger partial charge in [-0.3, -0.25) is 9.52 Å². The Kier molecular flexibility index (Phi) is 7.79. The van der Waals surface area contributed by atoms with Crippen molar-refractivity contribution < 1.29 is 22.7 Å². The summed E-state index contributed by atoms with van der Waals surface area (Å²) in [4.78, 5) is 12.4. The first-order valence-electron chi connectivity index (χ1n) is 10.6. The molecule has 0 unspecified atom stereocenters. The van der Waals surface area contributed by atoms with Crippen LogP contribution in [-0.4, -0.2) is 28.5 Å². The molecule has 1 saturated carbocycles. The fourth-order valence-corrected chi connectivity index (χ4v) is 5.12. The molecular formula is C23H30N2O5S. The van der Waals surface area contributed by atoms with E-state index in [1.54, 1.807) is 43.5 Å². The number of nitrogens with one attached hydrogen (secondary N) is 2. The van der Waals surface area contributed by atoms with Crippen molar-refractivity contribution in [2.24, 2.45) is 5.92 Å². The predicted molar refractivity (Wildman–Crippen MR) is 121 cm³/mol. The van der Waals surface area contributed by atoms with E-state index < -0.39 is 10.0 Å². The molecular weight excluding hydrogens is 416 g/mol. The highest BCUT2D eigenvalue weighted by Gasteiger charge is 2.21. The molecule has 168 valence electrons. The van der Waals surface area contributed by atoms with Gasteiger partial charge >= 0.3 is 0 Å². The van der Waals surface area contributed by atoms with Gasteiger partial charge in [0.2, 0.25) is 5.91 Å². The van der Waals surface area contributed by atoms with Crippen LogP contribution >= 0.6 is 0 Å². The van der Waals surface area contributed by atoms with E-state index in [1.807, 2.05) is 0 Å². The fourth-order valence-electron chi connectivity index (χ4n) is 3.87. The van der Waals surface area contributed by atoms with E-state index in [2.05, 4.69) is 10.0 Å². The number of amides is 1. The minimum absolute atomic E-state index is 0.0455. The van der Waals surface area contributed by atoms with Crippen LogP contribution in [0.4, 0.5) is 11.4 Å². The normalized spacial score (nSPS) is 14.6. The van der Waals surface area contributed by atoms with Crippen LogP contribution in [0.15, 0.2) is 47.4 Å². The van der Waals surface area contributed by atoms with E-state index in [0.717, 1.165) is 6.42 Å². The zero-order chi connectivity index (χ0) is 22.3. The molecule has 0 aliphatic heterocycles. The van der Waals surface area contributed by atoms with Gasteiger partial charge in [-0.15, -0.1) is 0 Å². The van der Waals surface area contributed by atoms with Crippen molar-refractivity contribution in [3.63, 3.8) is 0 Å². The number of hydrogen-bond acceptors (Lipinski definition) is 5. The standard InChI is InChI=1S/C23H30N2O5S/c1-29-20-12-9-18(10-13-20)25-31(27,28)22-16-19(11-14-21(22)30-2)24-23(26)15-8-17-6-4-3-5-7-17/h9-14,16-17,25H,3-8,15H2,1-2H3,(H,24,26). The van der Waals surface area contributed by atoms with Gasteiger partial charge in [0.1, 0.15) is 16.4 Å². The number of rotatable bonds is 9. The number of anilines is 2. The largest absolute Gasteiger partial charge is 0.497 e. The average molecular weight is 447 g/mol. The third kappa shape index (κ3) is 6.37. The Hall–Kier alpha value is -2.74. The average Bonchev–Trinajstić information content (AvgIpc) is 2.78. The van der Waals surface area contributed by atoms with Gasteiger partial charge in [0.15, 0.2) is 0 Å². The summed E-state index contributed by atoms with van der Waals surface area (Å²) in [6, 6.07) is 11.2. The first-order valence-corrected chi connectivity index (χ1v) is 12.0. The number of carbonyl (C=O) groups is 1. The van der Waals surface area contributed by atoms with Gasteiger partial charge in [-0.1, -0.05) is 32.1 Å². The van der Waals surface area contributed by atoms with Gasteiger partial charge < -0.3 is 14.8 Å². The van der Waals surface area contributed by atoms with E-state index in [4.69, 9.17) is 9.47 Å². The highest BCUT2D eigenvalue weighted by Crippen LogP contribution is 2.30.